The number of hydrogen-bond acceptors (Lipinski definition) is 3. The zero-order valence-corrected chi connectivity index (χ0v) is 11.7. The van der Waals surface area contributed by atoms with E-state index in [4.69, 9.17) is 4.98 Å². The van der Waals surface area contributed by atoms with E-state index < -0.39 is 0 Å². The molecule has 5 rings (SSSR count). The van der Waals surface area contributed by atoms with Gasteiger partial charge in [0, 0.05) is 24.3 Å². The molecule has 104 valence electrons. The van der Waals surface area contributed by atoms with Crippen molar-refractivity contribution < 1.29 is 0 Å². The summed E-state index contributed by atoms with van der Waals surface area (Å²) in [4.78, 5) is 9.09. The van der Waals surface area contributed by atoms with Crippen LogP contribution >= 0.6 is 0 Å². The second kappa shape index (κ2) is 4.07. The largest absolute Gasteiger partial charge is 0.375 e. The normalized spacial score (nSPS) is 20.5. The van der Waals surface area contributed by atoms with Gasteiger partial charge in [0.05, 0.1) is 17.8 Å². The Balaban J connectivity index is 1.64. The molecule has 4 nitrogen and oxygen atoms in total. The predicted molar refractivity (Wildman–Crippen MR) is 82.3 cm³/mol. The lowest BCUT2D eigenvalue weighted by atomic mass is 10.1. The number of rotatable bonds is 2. The van der Waals surface area contributed by atoms with Crippen molar-refractivity contribution in [2.24, 2.45) is 0 Å². The lowest BCUT2D eigenvalue weighted by molar-refractivity contribution is 0.645. The summed E-state index contributed by atoms with van der Waals surface area (Å²) in [7, 11) is 0. The van der Waals surface area contributed by atoms with E-state index in [0.29, 0.717) is 6.04 Å². The molecule has 3 heterocycles. The summed E-state index contributed by atoms with van der Waals surface area (Å²) < 4.78 is 2.43. The number of benzene rings is 1. The summed E-state index contributed by atoms with van der Waals surface area (Å²) in [6.07, 6.45) is 7.28. The zero-order chi connectivity index (χ0) is 13.8. The second-order valence-electron chi connectivity index (χ2n) is 5.99. The first-order valence-electron chi connectivity index (χ1n) is 7.56. The van der Waals surface area contributed by atoms with Crippen molar-refractivity contribution in [1.82, 2.24) is 14.5 Å². The Kier molecular flexibility index (Phi) is 2.19. The third-order valence-corrected chi connectivity index (χ3v) is 4.51. The van der Waals surface area contributed by atoms with Crippen LogP contribution in [0.5, 0.6) is 0 Å². The standard InChI is InChI=1S/C17H16N4/c1-2-4-13-11(3-1)9-14(19-13)17-20-15-10-18-8-7-16(15)21(17)12-5-6-12/h1-4,7-8,10,12,14,19H,5-6,9H2. The first-order valence-corrected chi connectivity index (χ1v) is 7.56. The molecule has 0 radical (unpaired) electrons. The average Bonchev–Trinajstić information content (AvgIpc) is 3.14. The van der Waals surface area contributed by atoms with E-state index in [1.807, 2.05) is 12.4 Å². The van der Waals surface area contributed by atoms with Gasteiger partial charge in [0.25, 0.3) is 0 Å². The summed E-state index contributed by atoms with van der Waals surface area (Å²) in [5, 5.41) is 3.63. The van der Waals surface area contributed by atoms with E-state index in [2.05, 4.69) is 45.2 Å². The van der Waals surface area contributed by atoms with Gasteiger partial charge in [-0.3, -0.25) is 4.98 Å². The highest BCUT2D eigenvalue weighted by atomic mass is 15.2. The fraction of sp³-hybridized carbons (Fsp3) is 0.294. The molecule has 1 atom stereocenters. The molecule has 1 aromatic carbocycles. The van der Waals surface area contributed by atoms with Crippen LogP contribution in [0.25, 0.3) is 11.0 Å². The molecular weight excluding hydrogens is 260 g/mol. The van der Waals surface area contributed by atoms with Crippen LogP contribution in [0.2, 0.25) is 0 Å². The number of imidazole rings is 1. The molecule has 4 heteroatoms. The number of hydrogen-bond donors (Lipinski definition) is 1. The van der Waals surface area contributed by atoms with Gasteiger partial charge in [0.2, 0.25) is 0 Å². The molecule has 0 amide bonds. The Hall–Kier alpha value is -2.36. The van der Waals surface area contributed by atoms with Gasteiger partial charge in [-0.2, -0.15) is 0 Å². The molecule has 3 aromatic rings. The van der Waals surface area contributed by atoms with Gasteiger partial charge in [-0.25, -0.2) is 4.98 Å². The van der Waals surface area contributed by atoms with E-state index in [1.54, 1.807) is 0 Å². The molecule has 1 aliphatic heterocycles. The topological polar surface area (TPSA) is 42.7 Å². The molecule has 1 unspecified atom stereocenters. The fourth-order valence-corrected chi connectivity index (χ4v) is 3.39. The van der Waals surface area contributed by atoms with Crippen molar-refractivity contribution in [2.75, 3.05) is 5.32 Å². The molecule has 0 spiro atoms. The van der Waals surface area contributed by atoms with Crippen molar-refractivity contribution in [3.63, 3.8) is 0 Å². The smallest absolute Gasteiger partial charge is 0.133 e. The van der Waals surface area contributed by atoms with Crippen molar-refractivity contribution in [1.29, 1.82) is 0 Å². The number of pyridine rings is 1. The van der Waals surface area contributed by atoms with Gasteiger partial charge in [0.1, 0.15) is 11.3 Å². The molecule has 2 aromatic heterocycles. The van der Waals surface area contributed by atoms with Crippen LogP contribution in [-0.2, 0) is 6.42 Å². The van der Waals surface area contributed by atoms with Crippen LogP contribution in [0.4, 0.5) is 5.69 Å². The van der Waals surface area contributed by atoms with E-state index in [1.165, 1.54) is 29.6 Å². The quantitative estimate of drug-likeness (QED) is 0.779. The first kappa shape index (κ1) is 11.3. The fourth-order valence-electron chi connectivity index (χ4n) is 3.39. The van der Waals surface area contributed by atoms with E-state index >= 15 is 0 Å². The van der Waals surface area contributed by atoms with Crippen LogP contribution in [0.1, 0.15) is 36.3 Å². The molecule has 0 saturated heterocycles. The van der Waals surface area contributed by atoms with Gasteiger partial charge in [-0.15, -0.1) is 0 Å². The highest BCUT2D eigenvalue weighted by molar-refractivity contribution is 5.75. The number of anilines is 1. The van der Waals surface area contributed by atoms with E-state index in [-0.39, 0.29) is 6.04 Å². The Bertz CT molecular complexity index is 807. The Morgan fingerprint density at radius 1 is 1.14 bits per heavy atom. The van der Waals surface area contributed by atoms with Crippen molar-refractivity contribution in [3.05, 3.63) is 54.1 Å². The Labute approximate surface area is 122 Å². The molecule has 1 fully saturated rings. The molecule has 1 saturated carbocycles. The highest BCUT2D eigenvalue weighted by Gasteiger charge is 2.33. The van der Waals surface area contributed by atoms with Crippen LogP contribution < -0.4 is 5.32 Å². The van der Waals surface area contributed by atoms with Gasteiger partial charge in [0.15, 0.2) is 0 Å². The van der Waals surface area contributed by atoms with Crippen molar-refractivity contribution in [3.8, 4) is 0 Å². The molecule has 0 bridgehead atoms. The first-order chi connectivity index (χ1) is 10.4. The summed E-state index contributed by atoms with van der Waals surface area (Å²) in [5.74, 6) is 1.16. The van der Waals surface area contributed by atoms with Crippen LogP contribution in [0, 0.1) is 0 Å². The van der Waals surface area contributed by atoms with E-state index in [9.17, 15) is 0 Å². The van der Waals surface area contributed by atoms with Gasteiger partial charge >= 0.3 is 0 Å². The second-order valence-corrected chi connectivity index (χ2v) is 5.99. The summed E-state index contributed by atoms with van der Waals surface area (Å²) in [5.41, 5.74) is 4.86. The van der Waals surface area contributed by atoms with Gasteiger partial charge in [-0.1, -0.05) is 18.2 Å². The Morgan fingerprint density at radius 2 is 2.05 bits per heavy atom. The maximum atomic E-state index is 4.88. The highest BCUT2D eigenvalue weighted by Crippen LogP contribution is 2.42. The van der Waals surface area contributed by atoms with Crippen molar-refractivity contribution in [2.45, 2.75) is 31.3 Å². The minimum atomic E-state index is 0.274. The molecule has 2 aliphatic rings. The maximum Gasteiger partial charge on any atom is 0.133 e. The van der Waals surface area contributed by atoms with Crippen LogP contribution in [0.3, 0.4) is 0 Å². The molecule has 1 N–H and O–H groups in total. The summed E-state index contributed by atoms with van der Waals surface area (Å²) >= 11 is 0. The minimum Gasteiger partial charge on any atom is -0.375 e. The number of aromatic nitrogens is 3. The third kappa shape index (κ3) is 1.68. The van der Waals surface area contributed by atoms with Gasteiger partial charge < -0.3 is 9.88 Å². The number of fused-ring (bicyclic) bond motifs is 2. The zero-order valence-electron chi connectivity index (χ0n) is 11.7. The van der Waals surface area contributed by atoms with E-state index in [0.717, 1.165) is 17.8 Å². The van der Waals surface area contributed by atoms with Crippen LogP contribution in [-0.4, -0.2) is 14.5 Å². The molecule has 1 aliphatic carbocycles. The molecular formula is C17H16N4. The molecule has 21 heavy (non-hydrogen) atoms. The SMILES string of the molecule is c1ccc2c(c1)CC(c1nc3cnccc3n1C1CC1)N2. The lowest BCUT2D eigenvalue weighted by Gasteiger charge is -2.14. The summed E-state index contributed by atoms with van der Waals surface area (Å²) in [6.45, 7) is 0. The number of nitrogens with zero attached hydrogens (tertiary/aromatic N) is 3. The average molecular weight is 276 g/mol. The van der Waals surface area contributed by atoms with Gasteiger partial charge in [-0.05, 0) is 30.5 Å². The Morgan fingerprint density at radius 3 is 2.90 bits per heavy atom. The lowest BCUT2D eigenvalue weighted by Crippen LogP contribution is -2.13. The maximum absolute atomic E-state index is 4.88. The van der Waals surface area contributed by atoms with Crippen molar-refractivity contribution >= 4 is 16.7 Å². The number of para-hydroxylation sites is 1. The monoisotopic (exact) mass is 276 g/mol. The summed E-state index contributed by atoms with van der Waals surface area (Å²) in [6, 6.07) is 11.5. The van der Waals surface area contributed by atoms with Crippen LogP contribution in [0.15, 0.2) is 42.7 Å². The minimum absolute atomic E-state index is 0.274. The predicted octanol–water partition coefficient (Wildman–Crippen LogP) is 3.48. The number of nitrogens with one attached hydrogen (secondary N) is 1. The third-order valence-electron chi connectivity index (χ3n) is 4.51.